The first-order chi connectivity index (χ1) is 7.22. The van der Waals surface area contributed by atoms with E-state index in [2.05, 4.69) is 10.1 Å². The van der Waals surface area contributed by atoms with E-state index in [1.807, 2.05) is 13.1 Å². The summed E-state index contributed by atoms with van der Waals surface area (Å²) in [5.74, 6) is 0.583. The van der Waals surface area contributed by atoms with Crippen LogP contribution in [0.3, 0.4) is 0 Å². The average Bonchev–Trinajstić information content (AvgIpc) is 2.59. The summed E-state index contributed by atoms with van der Waals surface area (Å²) < 4.78 is 6.70. The zero-order valence-electron chi connectivity index (χ0n) is 8.64. The molecular weight excluding hydrogens is 192 g/mol. The Balaban J connectivity index is 2.45. The third kappa shape index (κ3) is 1.63. The van der Waals surface area contributed by atoms with E-state index < -0.39 is 0 Å². The third-order valence-electron chi connectivity index (χ3n) is 2.19. The molecule has 2 heterocycles. The summed E-state index contributed by atoms with van der Waals surface area (Å²) in [6.07, 6.45) is 3.34. The highest BCUT2D eigenvalue weighted by molar-refractivity contribution is 5.71. The zero-order valence-corrected chi connectivity index (χ0v) is 8.64. The normalized spacial score (nSPS) is 10.3. The number of ether oxygens (including phenoxy) is 1. The number of anilines is 1. The average molecular weight is 204 g/mol. The number of aromatic nitrogens is 3. The molecule has 0 aromatic carbocycles. The lowest BCUT2D eigenvalue weighted by Gasteiger charge is -2.04. The number of pyridine rings is 1. The Bertz CT molecular complexity index is 441. The predicted octanol–water partition coefficient (Wildman–Crippen LogP) is 1.07. The molecule has 5 nitrogen and oxygen atoms in total. The van der Waals surface area contributed by atoms with Crippen molar-refractivity contribution in [1.82, 2.24) is 14.8 Å². The van der Waals surface area contributed by atoms with E-state index in [9.17, 15) is 0 Å². The lowest BCUT2D eigenvalue weighted by molar-refractivity contribution is 0.398. The van der Waals surface area contributed by atoms with Gasteiger partial charge in [0.25, 0.3) is 0 Å². The van der Waals surface area contributed by atoms with Crippen LogP contribution in [0.5, 0.6) is 5.88 Å². The van der Waals surface area contributed by atoms with Crippen LogP contribution in [0, 0.1) is 0 Å². The number of hydrogen-bond donors (Lipinski definition) is 1. The first-order valence-electron chi connectivity index (χ1n) is 4.50. The molecule has 2 aromatic heterocycles. The molecule has 0 unspecified atom stereocenters. The van der Waals surface area contributed by atoms with Crippen LogP contribution in [0.25, 0.3) is 11.3 Å². The molecule has 0 fully saturated rings. The Morgan fingerprint density at radius 3 is 2.60 bits per heavy atom. The monoisotopic (exact) mass is 204 g/mol. The molecule has 5 heteroatoms. The smallest absolute Gasteiger partial charge is 0.212 e. The number of nitrogens with two attached hydrogens (primary N) is 1. The topological polar surface area (TPSA) is 66.0 Å². The largest absolute Gasteiger partial charge is 0.481 e. The molecule has 2 aromatic rings. The number of nitrogens with zero attached hydrogens (tertiary/aromatic N) is 3. The highest BCUT2D eigenvalue weighted by Crippen LogP contribution is 2.24. The number of aryl methyl sites for hydroxylation is 1. The molecule has 0 aliphatic carbocycles. The molecule has 0 bridgehead atoms. The Hall–Kier alpha value is -2.04. The van der Waals surface area contributed by atoms with Crippen LogP contribution in [0.1, 0.15) is 0 Å². The van der Waals surface area contributed by atoms with Crippen LogP contribution in [-0.2, 0) is 7.05 Å². The SMILES string of the molecule is COc1ccc(-c2c(N)cnn2C)cn1. The van der Waals surface area contributed by atoms with E-state index in [1.165, 1.54) is 0 Å². The molecule has 15 heavy (non-hydrogen) atoms. The lowest BCUT2D eigenvalue weighted by atomic mass is 10.2. The van der Waals surface area contributed by atoms with Gasteiger partial charge in [-0.2, -0.15) is 5.10 Å². The van der Waals surface area contributed by atoms with Gasteiger partial charge in [-0.3, -0.25) is 4.68 Å². The van der Waals surface area contributed by atoms with Gasteiger partial charge >= 0.3 is 0 Å². The van der Waals surface area contributed by atoms with Crippen molar-refractivity contribution >= 4 is 5.69 Å². The molecule has 0 aliphatic heterocycles. The van der Waals surface area contributed by atoms with Crippen molar-refractivity contribution in [2.75, 3.05) is 12.8 Å². The van der Waals surface area contributed by atoms with E-state index in [-0.39, 0.29) is 0 Å². The molecular formula is C10H12N4O. The fraction of sp³-hybridized carbons (Fsp3) is 0.200. The first-order valence-corrected chi connectivity index (χ1v) is 4.50. The standard InChI is InChI=1S/C10H12N4O/c1-14-10(8(11)6-13-14)7-3-4-9(15-2)12-5-7/h3-6H,11H2,1-2H3. The van der Waals surface area contributed by atoms with Gasteiger partial charge in [-0.25, -0.2) is 4.98 Å². The minimum absolute atomic E-state index is 0.583. The molecule has 0 saturated carbocycles. The Morgan fingerprint density at radius 2 is 2.13 bits per heavy atom. The fourth-order valence-electron chi connectivity index (χ4n) is 1.45. The summed E-state index contributed by atoms with van der Waals surface area (Å²) in [5, 5.41) is 4.07. The molecule has 0 saturated heterocycles. The van der Waals surface area contributed by atoms with Gasteiger partial charge in [-0.05, 0) is 6.07 Å². The van der Waals surface area contributed by atoms with Crippen molar-refractivity contribution in [2.45, 2.75) is 0 Å². The number of nitrogen functional groups attached to an aromatic ring is 1. The molecule has 0 radical (unpaired) electrons. The minimum Gasteiger partial charge on any atom is -0.481 e. The van der Waals surface area contributed by atoms with Crippen LogP contribution >= 0.6 is 0 Å². The highest BCUT2D eigenvalue weighted by atomic mass is 16.5. The van der Waals surface area contributed by atoms with E-state index in [4.69, 9.17) is 10.5 Å². The maximum atomic E-state index is 5.80. The van der Waals surface area contributed by atoms with Gasteiger partial charge in [-0.1, -0.05) is 0 Å². The number of rotatable bonds is 2. The van der Waals surface area contributed by atoms with E-state index in [1.54, 1.807) is 30.3 Å². The summed E-state index contributed by atoms with van der Waals surface area (Å²) >= 11 is 0. The predicted molar refractivity (Wildman–Crippen MR) is 57.4 cm³/mol. The van der Waals surface area contributed by atoms with Crippen molar-refractivity contribution in [2.24, 2.45) is 7.05 Å². The summed E-state index contributed by atoms with van der Waals surface area (Å²) in [7, 11) is 3.43. The van der Waals surface area contributed by atoms with Crippen molar-refractivity contribution in [1.29, 1.82) is 0 Å². The summed E-state index contributed by atoms with van der Waals surface area (Å²) in [6, 6.07) is 3.70. The second-order valence-corrected chi connectivity index (χ2v) is 3.16. The fourth-order valence-corrected chi connectivity index (χ4v) is 1.45. The first kappa shape index (κ1) is 9.51. The number of methoxy groups -OCH3 is 1. The van der Waals surface area contributed by atoms with Gasteiger partial charge in [0.15, 0.2) is 0 Å². The lowest BCUT2D eigenvalue weighted by Crippen LogP contribution is -1.96. The van der Waals surface area contributed by atoms with E-state index in [0.717, 1.165) is 11.3 Å². The van der Waals surface area contributed by atoms with Gasteiger partial charge in [0.2, 0.25) is 5.88 Å². The van der Waals surface area contributed by atoms with Crippen molar-refractivity contribution in [3.05, 3.63) is 24.5 Å². The highest BCUT2D eigenvalue weighted by Gasteiger charge is 2.08. The molecule has 2 rings (SSSR count). The summed E-state index contributed by atoms with van der Waals surface area (Å²) in [4.78, 5) is 4.12. The maximum absolute atomic E-state index is 5.80. The van der Waals surface area contributed by atoms with Crippen molar-refractivity contribution in [3.8, 4) is 17.1 Å². The Kier molecular flexibility index (Phi) is 2.29. The van der Waals surface area contributed by atoms with Gasteiger partial charge in [0.05, 0.1) is 24.7 Å². The van der Waals surface area contributed by atoms with Crippen LogP contribution in [0.4, 0.5) is 5.69 Å². The van der Waals surface area contributed by atoms with Gasteiger partial charge in [0.1, 0.15) is 0 Å². The Labute approximate surface area is 87.5 Å². The van der Waals surface area contributed by atoms with Crippen LogP contribution in [0.2, 0.25) is 0 Å². The molecule has 0 spiro atoms. The maximum Gasteiger partial charge on any atom is 0.212 e. The van der Waals surface area contributed by atoms with Crippen molar-refractivity contribution < 1.29 is 4.74 Å². The second-order valence-electron chi connectivity index (χ2n) is 3.16. The molecule has 0 atom stereocenters. The van der Waals surface area contributed by atoms with Crippen LogP contribution < -0.4 is 10.5 Å². The van der Waals surface area contributed by atoms with Gasteiger partial charge in [-0.15, -0.1) is 0 Å². The number of hydrogen-bond acceptors (Lipinski definition) is 4. The van der Waals surface area contributed by atoms with Crippen molar-refractivity contribution in [3.63, 3.8) is 0 Å². The summed E-state index contributed by atoms with van der Waals surface area (Å²) in [5.41, 5.74) is 8.23. The second kappa shape index (κ2) is 3.61. The molecule has 78 valence electrons. The van der Waals surface area contributed by atoms with Crippen LogP contribution in [-0.4, -0.2) is 21.9 Å². The molecule has 0 amide bonds. The van der Waals surface area contributed by atoms with E-state index in [0.29, 0.717) is 11.6 Å². The zero-order chi connectivity index (χ0) is 10.8. The quantitative estimate of drug-likeness (QED) is 0.794. The molecule has 0 aliphatic rings. The van der Waals surface area contributed by atoms with Gasteiger partial charge < -0.3 is 10.5 Å². The van der Waals surface area contributed by atoms with Crippen LogP contribution in [0.15, 0.2) is 24.5 Å². The third-order valence-corrected chi connectivity index (χ3v) is 2.19. The van der Waals surface area contributed by atoms with E-state index >= 15 is 0 Å². The Morgan fingerprint density at radius 1 is 1.33 bits per heavy atom. The molecule has 2 N–H and O–H groups in total. The summed E-state index contributed by atoms with van der Waals surface area (Å²) in [6.45, 7) is 0. The minimum atomic E-state index is 0.583. The van der Waals surface area contributed by atoms with Gasteiger partial charge in [0, 0.05) is 24.9 Å².